The number of nitrogens with zero attached hydrogens (tertiary/aromatic N) is 2. The number of hydrogen-bond donors (Lipinski definition) is 0. The summed E-state index contributed by atoms with van der Waals surface area (Å²) in [7, 11) is 0. The van der Waals surface area contributed by atoms with Crippen LogP contribution >= 0.6 is 0 Å². The van der Waals surface area contributed by atoms with E-state index in [0.29, 0.717) is 18.3 Å². The summed E-state index contributed by atoms with van der Waals surface area (Å²) in [5.41, 5.74) is 8.08. The van der Waals surface area contributed by atoms with Crippen LogP contribution in [0, 0.1) is 34.5 Å². The number of aliphatic imine (C=N–C) groups is 2. The van der Waals surface area contributed by atoms with Crippen molar-refractivity contribution in [2.45, 2.75) is 144 Å². The number of hydrogen-bond acceptors (Lipinski definition) is 4. The van der Waals surface area contributed by atoms with Gasteiger partial charge in [-0.3, -0.25) is 9.98 Å². The third-order valence-corrected chi connectivity index (χ3v) is 14.2. The molecule has 2 aliphatic heterocycles. The van der Waals surface area contributed by atoms with Gasteiger partial charge in [-0.25, -0.2) is 0 Å². The molecule has 56 heavy (non-hydrogen) atoms. The van der Waals surface area contributed by atoms with Crippen LogP contribution in [-0.4, -0.2) is 29.7 Å². The first-order valence-corrected chi connectivity index (χ1v) is 22.0. The van der Waals surface area contributed by atoms with E-state index in [2.05, 4.69) is 141 Å². The van der Waals surface area contributed by atoms with E-state index in [1.54, 1.807) is 0 Å². The van der Waals surface area contributed by atoms with Crippen LogP contribution in [0.25, 0.3) is 0 Å². The van der Waals surface area contributed by atoms with Gasteiger partial charge in [0.05, 0.1) is 35.0 Å². The average Bonchev–Trinajstić information content (AvgIpc) is 3.57. The van der Waals surface area contributed by atoms with Crippen molar-refractivity contribution in [3.63, 3.8) is 0 Å². The van der Waals surface area contributed by atoms with Gasteiger partial charge in [-0.05, 0) is 102 Å². The molecule has 2 heterocycles. The quantitative estimate of drug-likeness (QED) is 0.167. The van der Waals surface area contributed by atoms with Crippen molar-refractivity contribution in [3.8, 4) is 0 Å². The van der Waals surface area contributed by atoms with Crippen molar-refractivity contribution in [1.82, 2.24) is 0 Å². The molecule has 0 aromatic heterocycles. The average molecular weight is 753 g/mol. The molecule has 0 radical (unpaired) electrons. The lowest BCUT2D eigenvalue weighted by atomic mass is 9.55. The van der Waals surface area contributed by atoms with E-state index in [1.807, 2.05) is 6.08 Å². The molecule has 4 heteroatoms. The minimum absolute atomic E-state index is 0.00590. The Labute approximate surface area is 339 Å². The Kier molecular flexibility index (Phi) is 12.2. The fourth-order valence-electron chi connectivity index (χ4n) is 10.9. The van der Waals surface area contributed by atoms with Gasteiger partial charge in [0.15, 0.2) is 0 Å². The number of fused-ring (bicyclic) bond motifs is 2. The number of unbranched alkanes of at least 4 members (excludes halogenated alkanes) is 1. The van der Waals surface area contributed by atoms with Crippen LogP contribution in [0.15, 0.2) is 135 Å². The van der Waals surface area contributed by atoms with E-state index < -0.39 is 0 Å². The molecule has 1 fully saturated rings. The molecule has 0 amide bonds. The van der Waals surface area contributed by atoms with E-state index in [4.69, 9.17) is 19.5 Å². The van der Waals surface area contributed by atoms with Crippen molar-refractivity contribution in [2.75, 3.05) is 0 Å². The van der Waals surface area contributed by atoms with Crippen LogP contribution in [0.5, 0.6) is 0 Å². The van der Waals surface area contributed by atoms with E-state index in [1.165, 1.54) is 34.4 Å². The Hall–Kier alpha value is -3.92. The largest absolute Gasteiger partial charge is 0.492 e. The van der Waals surface area contributed by atoms with Crippen LogP contribution < -0.4 is 0 Å². The fraction of sp³-hybridized carbons (Fsp3) is 0.538. The minimum Gasteiger partial charge on any atom is -0.492 e. The topological polar surface area (TPSA) is 43.2 Å². The van der Waals surface area contributed by atoms with Crippen LogP contribution in [-0.2, 0) is 9.47 Å². The summed E-state index contributed by atoms with van der Waals surface area (Å²) >= 11 is 0. The van der Waals surface area contributed by atoms with Crippen molar-refractivity contribution in [1.29, 1.82) is 0 Å². The molecule has 0 N–H and O–H groups in total. The molecule has 0 saturated heterocycles. The third kappa shape index (κ3) is 7.59. The zero-order chi connectivity index (χ0) is 39.6. The van der Waals surface area contributed by atoms with E-state index >= 15 is 0 Å². The lowest BCUT2D eigenvalue weighted by molar-refractivity contribution is -0.0177. The van der Waals surface area contributed by atoms with Gasteiger partial charge >= 0.3 is 0 Å². The standard InChI is InChI=1S/C52H68N2O2/c1-10-12-15-26-43-46(33-44(53-38(7)39-23-16-13-17-24-39)49-41(11-2)42-25-18-14-19-27-45(42)55-49)56-50-51(43,8)31-30-47(54-40-29-28-34(3)37(6)32-40)52(50,9)48-35(4)21-20-22-36(48)5/h11,13,15-18,20-21,23-26,30-31,34,36-38,42,45,47,50H,2,10,12,14,19,22,27-29,32-33H2,1,3-9H3. The molecule has 10 unspecified atom stereocenters. The summed E-state index contributed by atoms with van der Waals surface area (Å²) in [6.45, 7) is 23.2. The number of rotatable bonds is 11. The second-order valence-electron chi connectivity index (χ2n) is 18.3. The highest BCUT2D eigenvalue weighted by molar-refractivity contribution is 6.01. The number of ether oxygens (including phenoxy) is 2. The summed E-state index contributed by atoms with van der Waals surface area (Å²) < 4.78 is 14.7. The van der Waals surface area contributed by atoms with E-state index in [0.717, 1.165) is 80.1 Å². The first kappa shape index (κ1) is 40.3. The Bertz CT molecular complexity index is 1920. The Morgan fingerprint density at radius 3 is 2.57 bits per heavy atom. The maximum atomic E-state index is 7.67. The molecular weight excluding hydrogens is 685 g/mol. The first-order chi connectivity index (χ1) is 27.0. The second-order valence-corrected chi connectivity index (χ2v) is 18.3. The van der Waals surface area contributed by atoms with Crippen molar-refractivity contribution >= 4 is 11.4 Å². The van der Waals surface area contributed by atoms with Gasteiger partial charge in [0.2, 0.25) is 0 Å². The van der Waals surface area contributed by atoms with Gasteiger partial charge in [-0.15, -0.1) is 0 Å². The smallest absolute Gasteiger partial charge is 0.145 e. The Morgan fingerprint density at radius 1 is 1.04 bits per heavy atom. The van der Waals surface area contributed by atoms with Crippen LogP contribution in [0.1, 0.15) is 131 Å². The summed E-state index contributed by atoms with van der Waals surface area (Å²) in [6, 6.07) is 10.6. The predicted molar refractivity (Wildman–Crippen MR) is 236 cm³/mol. The highest BCUT2D eigenvalue weighted by Crippen LogP contribution is 2.61. The van der Waals surface area contributed by atoms with Crippen LogP contribution in [0.4, 0.5) is 0 Å². The summed E-state index contributed by atoms with van der Waals surface area (Å²) in [6.07, 6.45) is 31.4. The molecule has 7 rings (SSSR count). The van der Waals surface area contributed by atoms with E-state index in [-0.39, 0.29) is 41.0 Å². The molecule has 4 nitrogen and oxygen atoms in total. The monoisotopic (exact) mass is 753 g/mol. The van der Waals surface area contributed by atoms with Gasteiger partial charge in [-0.2, -0.15) is 0 Å². The second kappa shape index (κ2) is 16.9. The number of allylic oxidation sites excluding steroid dienone is 9. The molecule has 1 aromatic rings. The van der Waals surface area contributed by atoms with E-state index in [9.17, 15) is 0 Å². The van der Waals surface area contributed by atoms with Gasteiger partial charge < -0.3 is 9.47 Å². The van der Waals surface area contributed by atoms with Gasteiger partial charge in [0.1, 0.15) is 23.7 Å². The molecule has 10 atom stereocenters. The molecule has 6 aliphatic rings. The zero-order valence-electron chi connectivity index (χ0n) is 35.7. The lowest BCUT2D eigenvalue weighted by Crippen LogP contribution is -2.54. The molecule has 0 spiro atoms. The van der Waals surface area contributed by atoms with Crippen molar-refractivity contribution in [2.24, 2.45) is 44.5 Å². The van der Waals surface area contributed by atoms with Crippen molar-refractivity contribution < 1.29 is 9.47 Å². The van der Waals surface area contributed by atoms with Gasteiger partial charge in [0, 0.05) is 22.8 Å². The Balaban J connectivity index is 1.37. The Morgan fingerprint density at radius 2 is 1.84 bits per heavy atom. The summed E-state index contributed by atoms with van der Waals surface area (Å²) in [5, 5.41) is 0. The highest BCUT2D eigenvalue weighted by atomic mass is 16.5. The molecule has 1 saturated carbocycles. The van der Waals surface area contributed by atoms with Crippen molar-refractivity contribution in [3.05, 3.63) is 131 Å². The van der Waals surface area contributed by atoms with Gasteiger partial charge in [-0.1, -0.05) is 137 Å². The molecule has 298 valence electrons. The molecule has 1 aromatic carbocycles. The fourth-order valence-corrected chi connectivity index (χ4v) is 10.9. The molecule has 0 bridgehead atoms. The maximum absolute atomic E-state index is 7.67. The SMILES string of the molecule is C=CC1=C(C(CC2=C(C=CCCC)C3(C)C=CC(N=C4CCC(C)C(C)C4)C(C)(C4=C(C)C=CCC4C)C3O2)=NC(C)c2ccccc2)OC2CCCC=CC12. The maximum Gasteiger partial charge on any atom is 0.145 e. The first-order valence-electron chi connectivity index (χ1n) is 22.0. The minimum atomic E-state index is -0.357. The van der Waals surface area contributed by atoms with Gasteiger partial charge in [0.25, 0.3) is 0 Å². The normalized spacial score (nSPS) is 35.8. The van der Waals surface area contributed by atoms with Crippen LogP contribution in [0.3, 0.4) is 0 Å². The predicted octanol–water partition coefficient (Wildman–Crippen LogP) is 13.5. The lowest BCUT2D eigenvalue weighted by Gasteiger charge is -2.52. The number of benzene rings is 1. The van der Waals surface area contributed by atoms with Crippen LogP contribution in [0.2, 0.25) is 0 Å². The summed E-state index contributed by atoms with van der Waals surface area (Å²) in [4.78, 5) is 11.3. The zero-order valence-corrected chi connectivity index (χ0v) is 35.7. The molecular formula is C52H68N2O2. The molecule has 4 aliphatic carbocycles. The highest BCUT2D eigenvalue weighted by Gasteiger charge is 2.60. The summed E-state index contributed by atoms with van der Waals surface area (Å²) in [5.74, 6) is 3.89. The third-order valence-electron chi connectivity index (χ3n) is 14.2.